The highest BCUT2D eigenvalue weighted by atomic mass is 35.5. The summed E-state index contributed by atoms with van der Waals surface area (Å²) in [6.45, 7) is 0. The van der Waals surface area contributed by atoms with Crippen LogP contribution in [0.5, 0.6) is 0 Å². The Morgan fingerprint density at radius 2 is 1.47 bits per heavy atom. The number of fused-ring (bicyclic) bond motifs is 2. The van der Waals surface area contributed by atoms with E-state index in [0.29, 0.717) is 28.5 Å². The van der Waals surface area contributed by atoms with Gasteiger partial charge in [0.2, 0.25) is 0 Å². The molecule has 0 radical (unpaired) electrons. The number of nitrogens with one attached hydrogen (secondary N) is 1. The first-order valence-electron chi connectivity index (χ1n) is 10.6. The van der Waals surface area contributed by atoms with Crippen LogP contribution in [-0.4, -0.2) is 46.4 Å². The van der Waals surface area contributed by atoms with Crippen LogP contribution >= 0.6 is 11.6 Å². The molecule has 6 rings (SSSR count). The highest BCUT2D eigenvalue weighted by molar-refractivity contribution is 6.35. The molecule has 0 amide bonds. The number of nitrogens with zero attached hydrogens (tertiary/aromatic N) is 3. The van der Waals surface area contributed by atoms with Gasteiger partial charge in [-0.05, 0) is 37.8 Å². The van der Waals surface area contributed by atoms with Crippen molar-refractivity contribution in [2.45, 2.75) is 37.5 Å². The number of aromatic amines is 1. The van der Waals surface area contributed by atoms with Crippen molar-refractivity contribution in [1.29, 1.82) is 0 Å². The number of H-pyrrole nitrogens is 1. The average Bonchev–Trinajstić information content (AvgIpc) is 3.79. The summed E-state index contributed by atoms with van der Waals surface area (Å²) in [5.41, 5.74) is 2.20. The van der Waals surface area contributed by atoms with Crippen molar-refractivity contribution in [3.8, 4) is 0 Å². The van der Waals surface area contributed by atoms with Crippen molar-refractivity contribution in [1.82, 2.24) is 20.3 Å². The van der Waals surface area contributed by atoms with Crippen LogP contribution in [0, 0.1) is 0 Å². The van der Waals surface area contributed by atoms with Gasteiger partial charge in [-0.1, -0.05) is 16.8 Å². The third kappa shape index (κ3) is 4.03. The van der Waals surface area contributed by atoms with Gasteiger partial charge in [-0.25, -0.2) is 19.6 Å². The second-order valence-corrected chi connectivity index (χ2v) is 8.45. The van der Waals surface area contributed by atoms with Crippen LogP contribution in [0.3, 0.4) is 0 Å². The van der Waals surface area contributed by atoms with Crippen LogP contribution < -0.4 is 5.56 Å². The van der Waals surface area contributed by atoms with Crippen molar-refractivity contribution in [3.63, 3.8) is 0 Å². The lowest BCUT2D eigenvalue weighted by atomic mass is 10.1. The highest BCUT2D eigenvalue weighted by Gasteiger charge is 2.30. The van der Waals surface area contributed by atoms with Gasteiger partial charge >= 0.3 is 11.9 Å². The van der Waals surface area contributed by atoms with Crippen LogP contribution in [0.4, 0.5) is 0 Å². The fourth-order valence-corrected chi connectivity index (χ4v) is 3.85. The number of pyridine rings is 2. The van der Waals surface area contributed by atoms with E-state index < -0.39 is 17.5 Å². The maximum absolute atomic E-state index is 11.7. The second kappa shape index (κ2) is 8.56. The van der Waals surface area contributed by atoms with Crippen LogP contribution in [-0.2, 0) is 9.47 Å². The fourth-order valence-electron chi connectivity index (χ4n) is 3.63. The molecule has 1 N–H and O–H groups in total. The molecular weight excluding hydrogens is 468 g/mol. The molecule has 0 atom stereocenters. The van der Waals surface area contributed by atoms with E-state index in [0.717, 1.165) is 37.1 Å². The van der Waals surface area contributed by atoms with Crippen molar-refractivity contribution >= 4 is 45.7 Å². The molecule has 0 spiro atoms. The Morgan fingerprint density at radius 3 is 2.00 bits per heavy atom. The zero-order valence-electron chi connectivity index (χ0n) is 18.2. The molecule has 34 heavy (non-hydrogen) atoms. The van der Waals surface area contributed by atoms with E-state index in [1.165, 1.54) is 14.2 Å². The van der Waals surface area contributed by atoms with Gasteiger partial charge in [-0.3, -0.25) is 4.79 Å². The lowest BCUT2D eigenvalue weighted by molar-refractivity contribution is 0.0594. The van der Waals surface area contributed by atoms with Gasteiger partial charge in [0.25, 0.3) is 17.0 Å². The smallest absolute Gasteiger partial charge is 0.338 e. The summed E-state index contributed by atoms with van der Waals surface area (Å²) in [5.74, 6) is -0.231. The summed E-state index contributed by atoms with van der Waals surface area (Å²) in [7, 11) is 2.60. The normalized spacial score (nSPS) is 15.1. The second-order valence-electron chi connectivity index (χ2n) is 8.09. The van der Waals surface area contributed by atoms with E-state index >= 15 is 0 Å². The van der Waals surface area contributed by atoms with Gasteiger partial charge in [-0.15, -0.1) is 0 Å². The quantitative estimate of drug-likeness (QED) is 0.422. The van der Waals surface area contributed by atoms with Crippen LogP contribution in [0.1, 0.15) is 69.6 Å². The monoisotopic (exact) mass is 486 g/mol. The Bertz CT molecular complexity index is 1480. The van der Waals surface area contributed by atoms with E-state index in [1.807, 2.05) is 0 Å². The molecule has 0 bridgehead atoms. The van der Waals surface area contributed by atoms with Crippen LogP contribution in [0.2, 0.25) is 5.15 Å². The molecular formula is C22H19ClN4O7. The van der Waals surface area contributed by atoms with E-state index in [9.17, 15) is 14.4 Å². The first kappa shape index (κ1) is 22.1. The molecule has 4 aromatic heterocycles. The number of methoxy groups -OCH3 is 2. The molecule has 2 fully saturated rings. The summed E-state index contributed by atoms with van der Waals surface area (Å²) in [6.07, 6.45) is 4.27. The molecule has 2 aliphatic rings. The highest BCUT2D eigenvalue weighted by Crippen LogP contribution is 2.41. The van der Waals surface area contributed by atoms with Gasteiger partial charge < -0.3 is 18.5 Å². The van der Waals surface area contributed by atoms with Crippen LogP contribution in [0.15, 0.2) is 26.0 Å². The topological polar surface area (TPSA) is 150 Å². The lowest BCUT2D eigenvalue weighted by Gasteiger charge is -2.03. The summed E-state index contributed by atoms with van der Waals surface area (Å²) >= 11 is 5.87. The maximum Gasteiger partial charge on any atom is 0.338 e. The summed E-state index contributed by atoms with van der Waals surface area (Å²) < 4.78 is 19.3. The summed E-state index contributed by atoms with van der Waals surface area (Å²) in [4.78, 5) is 43.4. The number of esters is 2. The minimum absolute atomic E-state index is 0.134. The Kier molecular flexibility index (Phi) is 5.56. The van der Waals surface area contributed by atoms with E-state index in [-0.39, 0.29) is 21.8 Å². The first-order valence-corrected chi connectivity index (χ1v) is 10.9. The lowest BCUT2D eigenvalue weighted by Crippen LogP contribution is -2.09. The first-order chi connectivity index (χ1) is 16.4. The van der Waals surface area contributed by atoms with Gasteiger partial charge in [0, 0.05) is 23.2 Å². The van der Waals surface area contributed by atoms with E-state index in [4.69, 9.17) is 25.4 Å². The Labute approximate surface area is 196 Å². The van der Waals surface area contributed by atoms with Gasteiger partial charge in [0.1, 0.15) is 5.39 Å². The minimum Gasteiger partial charge on any atom is -0.465 e. The van der Waals surface area contributed by atoms with E-state index in [2.05, 4.69) is 25.0 Å². The molecule has 2 aliphatic carbocycles. The third-order valence-electron chi connectivity index (χ3n) is 5.70. The van der Waals surface area contributed by atoms with Crippen LogP contribution in [0.25, 0.3) is 22.2 Å². The zero-order chi connectivity index (χ0) is 24.0. The predicted octanol–water partition coefficient (Wildman–Crippen LogP) is 3.72. The standard InChI is InChI=1S/C11H9ClN2O3.C11H10N2O4/c1-16-11(15)6-4-7(5-2-3-5)13-10-8(6)9(12)14-17-10;1-16-11(15)6-4-7(5-2-3-5)12-10-8(6)9(14)13-17-10/h4-5H,2-3H2,1H3;4-5H,2-3H2,1H3,(H,13,14). The molecule has 0 unspecified atom stereocenters. The number of ether oxygens (including phenoxy) is 2. The van der Waals surface area contributed by atoms with Gasteiger partial charge in [0.05, 0.1) is 30.7 Å². The number of aromatic nitrogens is 4. The molecule has 0 saturated heterocycles. The predicted molar refractivity (Wildman–Crippen MR) is 118 cm³/mol. The molecule has 176 valence electrons. The molecule has 11 nitrogen and oxygen atoms in total. The minimum atomic E-state index is -0.550. The number of hydrogen-bond donors (Lipinski definition) is 1. The molecule has 0 aliphatic heterocycles. The molecule has 2 saturated carbocycles. The number of hydrogen-bond acceptors (Lipinski definition) is 10. The molecule has 0 aromatic carbocycles. The number of rotatable bonds is 4. The van der Waals surface area contributed by atoms with Gasteiger partial charge in [0.15, 0.2) is 5.15 Å². The number of halogens is 1. The largest absolute Gasteiger partial charge is 0.465 e. The molecule has 12 heteroatoms. The summed E-state index contributed by atoms with van der Waals surface area (Å²) in [6, 6.07) is 3.34. The molecule has 4 heterocycles. The SMILES string of the molecule is COC(=O)c1cc(C2CC2)nc2o[nH]c(=O)c12.COC(=O)c1cc(C2CC2)nc2onc(Cl)c12. The van der Waals surface area contributed by atoms with Crippen molar-refractivity contribution in [2.24, 2.45) is 0 Å². The van der Waals surface area contributed by atoms with Crippen molar-refractivity contribution in [2.75, 3.05) is 14.2 Å². The molecule has 4 aromatic rings. The fraction of sp³-hybridized carbons (Fsp3) is 0.364. The Morgan fingerprint density at radius 1 is 0.941 bits per heavy atom. The Balaban J connectivity index is 0.000000142. The summed E-state index contributed by atoms with van der Waals surface area (Å²) in [5, 5.41) is 6.50. The number of carbonyl (C=O) groups is 2. The van der Waals surface area contributed by atoms with Gasteiger partial charge in [-0.2, -0.15) is 5.16 Å². The zero-order valence-corrected chi connectivity index (χ0v) is 19.0. The average molecular weight is 487 g/mol. The number of carbonyl (C=O) groups excluding carboxylic acids is 2. The Hall–Kier alpha value is -3.73. The van der Waals surface area contributed by atoms with Crippen molar-refractivity contribution in [3.05, 3.63) is 50.2 Å². The van der Waals surface area contributed by atoms with Crippen molar-refractivity contribution < 1.29 is 28.1 Å². The van der Waals surface area contributed by atoms with E-state index in [1.54, 1.807) is 12.1 Å². The third-order valence-corrected chi connectivity index (χ3v) is 5.96. The maximum atomic E-state index is 11.7.